The van der Waals surface area contributed by atoms with Crippen molar-refractivity contribution in [3.05, 3.63) is 107 Å². The third-order valence-corrected chi connectivity index (χ3v) is 5.32. The first-order chi connectivity index (χ1) is 13.3. The van der Waals surface area contributed by atoms with E-state index in [1.807, 2.05) is 53.4 Å². The summed E-state index contributed by atoms with van der Waals surface area (Å²) in [6.45, 7) is 1.27. The first kappa shape index (κ1) is 17.5. The van der Waals surface area contributed by atoms with Gasteiger partial charge >= 0.3 is 0 Å². The molecule has 0 saturated carbocycles. The van der Waals surface area contributed by atoms with Gasteiger partial charge in [0.05, 0.1) is 5.92 Å². The lowest BCUT2D eigenvalue weighted by atomic mass is 9.82. The van der Waals surface area contributed by atoms with Crippen molar-refractivity contribution in [1.82, 2.24) is 4.90 Å². The molecule has 135 valence electrons. The highest BCUT2D eigenvalue weighted by atomic mass is 16.2. The minimum Gasteiger partial charge on any atom is -0.334 e. The predicted molar refractivity (Wildman–Crippen MR) is 108 cm³/mol. The average molecular weight is 354 g/mol. The van der Waals surface area contributed by atoms with Gasteiger partial charge in [-0.2, -0.15) is 0 Å². The number of nitrogens with zero attached hydrogens (tertiary/aromatic N) is 1. The van der Waals surface area contributed by atoms with Crippen molar-refractivity contribution in [2.24, 2.45) is 0 Å². The van der Waals surface area contributed by atoms with Crippen molar-refractivity contribution >= 4 is 5.91 Å². The van der Waals surface area contributed by atoms with E-state index in [1.165, 1.54) is 11.1 Å². The van der Waals surface area contributed by atoms with Crippen LogP contribution in [0.25, 0.3) is 0 Å². The maximum absolute atomic E-state index is 13.6. The molecular formula is C25H24NO. The summed E-state index contributed by atoms with van der Waals surface area (Å²) >= 11 is 0. The van der Waals surface area contributed by atoms with Crippen LogP contribution in [0.15, 0.2) is 78.9 Å². The molecule has 1 aliphatic rings. The first-order valence-corrected chi connectivity index (χ1v) is 9.67. The molecule has 0 N–H and O–H groups in total. The van der Waals surface area contributed by atoms with Gasteiger partial charge in [0.1, 0.15) is 0 Å². The molecule has 1 amide bonds. The predicted octanol–water partition coefficient (Wildman–Crippen LogP) is 5.14. The van der Waals surface area contributed by atoms with E-state index in [4.69, 9.17) is 0 Å². The Kier molecular flexibility index (Phi) is 5.34. The van der Waals surface area contributed by atoms with Gasteiger partial charge in [0, 0.05) is 13.1 Å². The van der Waals surface area contributed by atoms with Crippen LogP contribution in [0.1, 0.15) is 41.0 Å². The van der Waals surface area contributed by atoms with Crippen molar-refractivity contribution in [2.75, 3.05) is 0 Å². The largest absolute Gasteiger partial charge is 0.334 e. The molecule has 0 bridgehead atoms. The van der Waals surface area contributed by atoms with Gasteiger partial charge in [0.25, 0.3) is 0 Å². The van der Waals surface area contributed by atoms with Crippen LogP contribution in [-0.2, 0) is 24.3 Å². The van der Waals surface area contributed by atoms with Crippen molar-refractivity contribution < 1.29 is 4.79 Å². The molecule has 0 heterocycles. The van der Waals surface area contributed by atoms with Crippen molar-refractivity contribution in [1.29, 1.82) is 0 Å². The minimum atomic E-state index is -0.0568. The van der Waals surface area contributed by atoms with E-state index in [9.17, 15) is 4.79 Å². The number of amides is 1. The second-order valence-electron chi connectivity index (χ2n) is 7.21. The fourth-order valence-corrected chi connectivity index (χ4v) is 3.96. The Labute approximate surface area is 161 Å². The van der Waals surface area contributed by atoms with E-state index >= 15 is 0 Å². The molecule has 0 spiro atoms. The molecule has 0 saturated heterocycles. The smallest absolute Gasteiger partial charge is 0.230 e. The van der Waals surface area contributed by atoms with Crippen LogP contribution in [0.2, 0.25) is 0 Å². The van der Waals surface area contributed by atoms with Crippen LogP contribution in [0, 0.1) is 6.07 Å². The maximum Gasteiger partial charge on any atom is 0.230 e. The molecule has 0 fully saturated rings. The normalized spacial score (nSPS) is 15.8. The Morgan fingerprint density at radius 3 is 2.15 bits per heavy atom. The summed E-state index contributed by atoms with van der Waals surface area (Å²) in [4.78, 5) is 15.6. The third kappa shape index (κ3) is 4.11. The molecule has 3 aromatic rings. The summed E-state index contributed by atoms with van der Waals surface area (Å²) in [6.07, 6.45) is 3.00. The number of benzene rings is 3. The number of rotatable bonds is 5. The molecule has 1 atom stereocenters. The minimum absolute atomic E-state index is 0.0568. The molecule has 27 heavy (non-hydrogen) atoms. The Morgan fingerprint density at radius 2 is 1.52 bits per heavy atom. The molecule has 1 aliphatic carbocycles. The zero-order valence-corrected chi connectivity index (χ0v) is 15.5. The Bertz CT molecular complexity index is 847. The van der Waals surface area contributed by atoms with Crippen LogP contribution < -0.4 is 0 Å². The van der Waals surface area contributed by atoms with E-state index in [0.717, 1.165) is 30.4 Å². The van der Waals surface area contributed by atoms with Gasteiger partial charge in [0.2, 0.25) is 5.91 Å². The first-order valence-electron chi connectivity index (χ1n) is 9.67. The van der Waals surface area contributed by atoms with Gasteiger partial charge in [0.15, 0.2) is 0 Å². The van der Waals surface area contributed by atoms with E-state index in [1.54, 1.807) is 0 Å². The zero-order chi connectivity index (χ0) is 18.5. The average Bonchev–Trinajstić information content (AvgIpc) is 2.74. The van der Waals surface area contributed by atoms with Gasteiger partial charge in [-0.15, -0.1) is 0 Å². The SMILES string of the molecule is O=C(C1CCCc2[c]cccc21)N(Cc1ccccc1)Cc1ccccc1. The number of aryl methyl sites for hydroxylation is 1. The highest BCUT2D eigenvalue weighted by Crippen LogP contribution is 2.33. The summed E-state index contributed by atoms with van der Waals surface area (Å²) in [5.74, 6) is 0.168. The van der Waals surface area contributed by atoms with Crippen LogP contribution >= 0.6 is 0 Å². The molecule has 3 aromatic carbocycles. The lowest BCUT2D eigenvalue weighted by molar-refractivity contribution is -0.134. The topological polar surface area (TPSA) is 20.3 Å². The lowest BCUT2D eigenvalue weighted by Crippen LogP contribution is -2.35. The second kappa shape index (κ2) is 8.22. The summed E-state index contributed by atoms with van der Waals surface area (Å²) in [5, 5.41) is 0. The molecule has 0 aromatic heterocycles. The lowest BCUT2D eigenvalue weighted by Gasteiger charge is -2.31. The number of carbonyl (C=O) groups is 1. The van der Waals surface area contributed by atoms with Gasteiger partial charge in [-0.1, -0.05) is 78.9 Å². The van der Waals surface area contributed by atoms with Gasteiger partial charge in [-0.25, -0.2) is 0 Å². The summed E-state index contributed by atoms with van der Waals surface area (Å²) in [7, 11) is 0. The molecule has 2 nitrogen and oxygen atoms in total. The van der Waals surface area contributed by atoms with Crippen LogP contribution in [0.5, 0.6) is 0 Å². The molecular weight excluding hydrogens is 330 g/mol. The third-order valence-electron chi connectivity index (χ3n) is 5.32. The molecule has 0 aliphatic heterocycles. The van der Waals surface area contributed by atoms with Crippen LogP contribution in [0.4, 0.5) is 0 Å². The van der Waals surface area contributed by atoms with E-state index in [0.29, 0.717) is 13.1 Å². The molecule has 4 rings (SSSR count). The van der Waals surface area contributed by atoms with Crippen LogP contribution in [-0.4, -0.2) is 10.8 Å². The quantitative estimate of drug-likeness (QED) is 0.621. The number of carbonyl (C=O) groups excluding carboxylic acids is 1. The Hall–Kier alpha value is -2.87. The van der Waals surface area contributed by atoms with Crippen molar-refractivity contribution in [3.63, 3.8) is 0 Å². The zero-order valence-electron chi connectivity index (χ0n) is 15.5. The monoisotopic (exact) mass is 354 g/mol. The highest BCUT2D eigenvalue weighted by Gasteiger charge is 2.30. The van der Waals surface area contributed by atoms with E-state index in [-0.39, 0.29) is 11.8 Å². The Morgan fingerprint density at radius 1 is 0.889 bits per heavy atom. The second-order valence-corrected chi connectivity index (χ2v) is 7.21. The van der Waals surface area contributed by atoms with E-state index in [2.05, 4.69) is 36.4 Å². The van der Waals surface area contributed by atoms with Crippen LogP contribution in [0.3, 0.4) is 0 Å². The van der Waals surface area contributed by atoms with Crippen molar-refractivity contribution in [3.8, 4) is 0 Å². The highest BCUT2D eigenvalue weighted by molar-refractivity contribution is 5.84. The van der Waals surface area contributed by atoms with Gasteiger partial charge in [-0.3, -0.25) is 4.79 Å². The summed E-state index contributed by atoms with van der Waals surface area (Å²) in [6, 6.07) is 29.9. The van der Waals surface area contributed by atoms with Gasteiger partial charge < -0.3 is 4.90 Å². The summed E-state index contributed by atoms with van der Waals surface area (Å²) in [5.41, 5.74) is 4.70. The Balaban J connectivity index is 1.62. The molecule has 1 unspecified atom stereocenters. The fraction of sp³-hybridized carbons (Fsp3) is 0.240. The maximum atomic E-state index is 13.6. The number of hydrogen-bond acceptors (Lipinski definition) is 1. The van der Waals surface area contributed by atoms with E-state index < -0.39 is 0 Å². The standard InChI is InChI=1S/C25H24NO/c27-25(24-17-9-15-22-14-7-8-16-23(22)24)26(18-20-10-3-1-4-11-20)19-21-12-5-2-6-13-21/h1-8,10-13,16,24H,9,15,17-19H2. The number of hydrogen-bond donors (Lipinski definition) is 0. The molecule has 1 radical (unpaired) electrons. The number of fused-ring (bicyclic) bond motifs is 1. The van der Waals surface area contributed by atoms with Gasteiger partial charge in [-0.05, 0) is 47.6 Å². The fourth-order valence-electron chi connectivity index (χ4n) is 3.96. The molecule has 2 heteroatoms. The van der Waals surface area contributed by atoms with Crippen molar-refractivity contribution in [2.45, 2.75) is 38.3 Å². The summed E-state index contributed by atoms with van der Waals surface area (Å²) < 4.78 is 0.